The molecular weight excluding hydrogens is 223 g/mol. The molecule has 1 N–H and O–H groups in total. The lowest BCUT2D eigenvalue weighted by atomic mass is 10.2. The molecule has 0 saturated carbocycles. The van der Waals surface area contributed by atoms with Gasteiger partial charge >= 0.3 is 6.18 Å². The molecule has 11 heavy (non-hydrogen) atoms. The zero-order valence-corrected chi connectivity index (χ0v) is 6.83. The summed E-state index contributed by atoms with van der Waals surface area (Å²) < 4.78 is 36.2. The van der Waals surface area contributed by atoms with Crippen LogP contribution in [0.5, 0.6) is 0 Å². The minimum atomic E-state index is -4.29. The lowest BCUT2D eigenvalue weighted by Gasteiger charge is -2.18. The van der Waals surface area contributed by atoms with Crippen LogP contribution in [0.25, 0.3) is 0 Å². The van der Waals surface area contributed by atoms with Crippen LogP contribution in [0.1, 0.15) is 0 Å². The van der Waals surface area contributed by atoms with Gasteiger partial charge < -0.3 is 5.32 Å². The van der Waals surface area contributed by atoms with Crippen molar-refractivity contribution in [2.45, 2.75) is 6.18 Å². The van der Waals surface area contributed by atoms with Gasteiger partial charge in [-0.05, 0) is 28.1 Å². The Morgan fingerprint density at radius 1 is 1.27 bits per heavy atom. The number of hydrogen-bond acceptors (Lipinski definition) is 1. The molecule has 0 unspecified atom stereocenters. The van der Waals surface area contributed by atoms with Crippen LogP contribution < -0.4 is 5.32 Å². The summed E-state index contributed by atoms with van der Waals surface area (Å²) in [6.07, 6.45) is -0.743. The molecule has 0 saturated heterocycles. The summed E-state index contributed by atoms with van der Waals surface area (Å²) in [5.41, 5.74) is 0. The molecule has 1 radical (unpaired) electrons. The van der Waals surface area contributed by atoms with E-state index in [1.54, 1.807) is 0 Å². The maximum absolute atomic E-state index is 11.9. The van der Waals surface area contributed by atoms with Gasteiger partial charge in [0.15, 0.2) is 6.04 Å². The molecule has 0 aromatic carbocycles. The van der Waals surface area contributed by atoms with Crippen molar-refractivity contribution in [3.8, 4) is 0 Å². The van der Waals surface area contributed by atoms with E-state index >= 15 is 0 Å². The lowest BCUT2D eigenvalue weighted by molar-refractivity contribution is -0.112. The Labute approximate surface area is 70.1 Å². The predicted molar refractivity (Wildman–Crippen MR) is 38.6 cm³/mol. The number of alkyl halides is 3. The average molecular weight is 227 g/mol. The molecular formula is C6H4BrF3N. The van der Waals surface area contributed by atoms with Crippen LogP contribution in [-0.2, 0) is 0 Å². The Morgan fingerprint density at radius 3 is 2.27 bits per heavy atom. The van der Waals surface area contributed by atoms with Crippen molar-refractivity contribution < 1.29 is 13.2 Å². The van der Waals surface area contributed by atoms with Gasteiger partial charge in [0, 0.05) is 10.7 Å². The van der Waals surface area contributed by atoms with Gasteiger partial charge in [0.1, 0.15) is 0 Å². The standard InChI is InChI=1S/C6H4BrF3N/c7-4-1-2-5(11-3-4)6(8,9)10/h1-3,11H. The largest absolute Gasteiger partial charge is 0.418 e. The van der Waals surface area contributed by atoms with Gasteiger partial charge in [-0.25, -0.2) is 0 Å². The van der Waals surface area contributed by atoms with Crippen LogP contribution in [0.4, 0.5) is 13.2 Å². The summed E-state index contributed by atoms with van der Waals surface area (Å²) >= 11 is 3.01. The summed E-state index contributed by atoms with van der Waals surface area (Å²) in [5, 5.41) is 2.10. The Balaban J connectivity index is 2.63. The molecule has 0 bridgehead atoms. The third kappa shape index (κ3) is 2.25. The summed E-state index contributed by atoms with van der Waals surface area (Å²) in [6, 6.07) is -0.749. The highest BCUT2D eigenvalue weighted by Gasteiger charge is 2.39. The highest BCUT2D eigenvalue weighted by molar-refractivity contribution is 9.11. The van der Waals surface area contributed by atoms with E-state index in [9.17, 15) is 13.2 Å². The van der Waals surface area contributed by atoms with Gasteiger partial charge in [-0.15, -0.1) is 0 Å². The molecule has 1 aliphatic rings. The van der Waals surface area contributed by atoms with Crippen molar-refractivity contribution in [2.24, 2.45) is 0 Å². The highest BCUT2D eigenvalue weighted by atomic mass is 79.9. The van der Waals surface area contributed by atoms with Gasteiger partial charge in [0.25, 0.3) is 0 Å². The van der Waals surface area contributed by atoms with E-state index in [1.165, 1.54) is 12.3 Å². The topological polar surface area (TPSA) is 12.0 Å². The summed E-state index contributed by atoms with van der Waals surface area (Å²) in [5.74, 6) is 0. The smallest absolute Gasteiger partial charge is 0.371 e. The summed E-state index contributed by atoms with van der Waals surface area (Å²) in [6.45, 7) is 0. The van der Waals surface area contributed by atoms with E-state index in [0.717, 1.165) is 6.08 Å². The molecule has 0 spiro atoms. The first-order valence-corrected chi connectivity index (χ1v) is 3.54. The van der Waals surface area contributed by atoms with Gasteiger partial charge in [-0.2, -0.15) is 13.2 Å². The monoisotopic (exact) mass is 226 g/mol. The van der Waals surface area contributed by atoms with Crippen LogP contribution in [0.15, 0.2) is 22.8 Å². The molecule has 0 aromatic heterocycles. The molecule has 1 heterocycles. The third-order valence-electron chi connectivity index (χ3n) is 1.08. The van der Waals surface area contributed by atoms with Crippen LogP contribution in [0.2, 0.25) is 0 Å². The van der Waals surface area contributed by atoms with Crippen molar-refractivity contribution >= 4 is 15.9 Å². The SMILES string of the molecule is FC(F)(F)[C]1C=CC(Br)=CN1. The number of halogens is 4. The Bertz CT molecular complexity index is 206. The van der Waals surface area contributed by atoms with E-state index in [1.807, 2.05) is 0 Å². The number of allylic oxidation sites excluding steroid dienone is 2. The zero-order valence-electron chi connectivity index (χ0n) is 5.24. The number of hydrogen-bond donors (Lipinski definition) is 1. The predicted octanol–water partition coefficient (Wildman–Crippen LogP) is 2.48. The van der Waals surface area contributed by atoms with Crippen molar-refractivity contribution in [3.05, 3.63) is 28.9 Å². The number of nitrogens with one attached hydrogen (secondary N) is 1. The van der Waals surface area contributed by atoms with Crippen LogP contribution in [0, 0.1) is 6.04 Å². The first kappa shape index (κ1) is 8.64. The summed E-state index contributed by atoms with van der Waals surface area (Å²) in [7, 11) is 0. The molecule has 5 heteroatoms. The molecule has 1 aliphatic heterocycles. The highest BCUT2D eigenvalue weighted by Crippen LogP contribution is 2.29. The fourth-order valence-electron chi connectivity index (χ4n) is 0.582. The average Bonchev–Trinajstić information content (AvgIpc) is 1.86. The first-order valence-electron chi connectivity index (χ1n) is 2.74. The van der Waals surface area contributed by atoms with E-state index in [2.05, 4.69) is 21.2 Å². The second-order valence-corrected chi connectivity index (χ2v) is 2.83. The minimum absolute atomic E-state index is 0.588. The number of dihydropyridines is 1. The molecule has 61 valence electrons. The maximum atomic E-state index is 11.9. The van der Waals surface area contributed by atoms with E-state index in [0.29, 0.717) is 4.48 Å². The van der Waals surface area contributed by atoms with Crippen molar-refractivity contribution in [1.82, 2.24) is 5.32 Å². The van der Waals surface area contributed by atoms with E-state index in [-0.39, 0.29) is 0 Å². The molecule has 0 amide bonds. The zero-order chi connectivity index (χ0) is 8.48. The Hall–Kier alpha value is -0.450. The molecule has 0 aliphatic carbocycles. The van der Waals surface area contributed by atoms with Crippen molar-refractivity contribution in [1.29, 1.82) is 0 Å². The van der Waals surface area contributed by atoms with Crippen molar-refractivity contribution in [2.75, 3.05) is 0 Å². The molecule has 0 fully saturated rings. The fraction of sp³-hybridized carbons (Fsp3) is 0.167. The van der Waals surface area contributed by atoms with E-state index in [4.69, 9.17) is 0 Å². The van der Waals surface area contributed by atoms with Crippen LogP contribution >= 0.6 is 15.9 Å². The van der Waals surface area contributed by atoms with Gasteiger partial charge in [-0.3, -0.25) is 0 Å². The van der Waals surface area contributed by atoms with Crippen LogP contribution in [-0.4, -0.2) is 6.18 Å². The summed E-state index contributed by atoms with van der Waals surface area (Å²) in [4.78, 5) is 0. The second kappa shape index (κ2) is 2.89. The normalized spacial score (nSPS) is 19.5. The van der Waals surface area contributed by atoms with Gasteiger partial charge in [-0.1, -0.05) is 0 Å². The van der Waals surface area contributed by atoms with E-state index < -0.39 is 12.2 Å². The Kier molecular flexibility index (Phi) is 2.27. The fourth-order valence-corrected chi connectivity index (χ4v) is 0.829. The second-order valence-electron chi connectivity index (χ2n) is 1.92. The van der Waals surface area contributed by atoms with Gasteiger partial charge in [0.05, 0.1) is 0 Å². The van der Waals surface area contributed by atoms with Gasteiger partial charge in [0.2, 0.25) is 0 Å². The molecule has 1 rings (SSSR count). The third-order valence-corrected chi connectivity index (χ3v) is 1.57. The minimum Gasteiger partial charge on any atom is -0.371 e. The first-order chi connectivity index (χ1) is 5.00. The number of rotatable bonds is 0. The molecule has 0 aromatic rings. The lowest BCUT2D eigenvalue weighted by Crippen LogP contribution is -2.30. The molecule has 1 nitrogen and oxygen atoms in total. The van der Waals surface area contributed by atoms with Crippen molar-refractivity contribution in [3.63, 3.8) is 0 Å². The van der Waals surface area contributed by atoms with Crippen LogP contribution in [0.3, 0.4) is 0 Å². The quantitative estimate of drug-likeness (QED) is 0.670. The molecule has 0 atom stereocenters. The Morgan fingerprint density at radius 2 is 1.91 bits per heavy atom. The maximum Gasteiger partial charge on any atom is 0.418 e.